The summed E-state index contributed by atoms with van der Waals surface area (Å²) in [4.78, 5) is 21.7. The van der Waals surface area contributed by atoms with Crippen molar-refractivity contribution < 1.29 is 23.8 Å². The normalized spacial score (nSPS) is 9.81. The smallest absolute Gasteiger partial charge is 0.170 e. The molecular formula is C16H14O5. The second-order valence-corrected chi connectivity index (χ2v) is 4.16. The van der Waals surface area contributed by atoms with E-state index in [-0.39, 0.29) is 0 Å². The summed E-state index contributed by atoms with van der Waals surface area (Å²) < 4.78 is 16.1. The van der Waals surface area contributed by atoms with Crippen molar-refractivity contribution in [2.24, 2.45) is 0 Å². The Labute approximate surface area is 122 Å². The molecule has 5 nitrogen and oxygen atoms in total. The molecule has 5 heteroatoms. The summed E-state index contributed by atoms with van der Waals surface area (Å²) >= 11 is 0. The first-order valence-corrected chi connectivity index (χ1v) is 6.16. The number of benzene rings is 2. The van der Waals surface area contributed by atoms with Crippen LogP contribution in [-0.2, 0) is 0 Å². The minimum atomic E-state index is 0.364. The molecular weight excluding hydrogens is 272 g/mol. The van der Waals surface area contributed by atoms with Gasteiger partial charge >= 0.3 is 0 Å². The molecule has 0 saturated heterocycles. The predicted octanol–water partition coefficient (Wildman–Crippen LogP) is 3.12. The van der Waals surface area contributed by atoms with Crippen molar-refractivity contribution in [1.29, 1.82) is 0 Å². The molecule has 0 aromatic heterocycles. The number of methoxy groups -OCH3 is 2. The third kappa shape index (κ3) is 3.20. The highest BCUT2D eigenvalue weighted by Crippen LogP contribution is 2.37. The number of hydrogen-bond donors (Lipinski definition) is 0. The van der Waals surface area contributed by atoms with Gasteiger partial charge in [-0.05, 0) is 36.4 Å². The SMILES string of the molecule is COc1ccc(C=O)cc1Oc1cc(C=O)ccc1OC. The lowest BCUT2D eigenvalue weighted by Gasteiger charge is -2.13. The van der Waals surface area contributed by atoms with E-state index >= 15 is 0 Å². The molecule has 0 aliphatic carbocycles. The lowest BCUT2D eigenvalue weighted by atomic mass is 10.2. The van der Waals surface area contributed by atoms with Crippen LogP contribution in [-0.4, -0.2) is 26.8 Å². The molecule has 2 aromatic carbocycles. The summed E-state index contributed by atoms with van der Waals surface area (Å²) in [5.74, 6) is 1.67. The van der Waals surface area contributed by atoms with Gasteiger partial charge in [-0.1, -0.05) is 0 Å². The van der Waals surface area contributed by atoms with Crippen LogP contribution in [0.4, 0.5) is 0 Å². The van der Waals surface area contributed by atoms with Gasteiger partial charge in [-0.3, -0.25) is 9.59 Å². The van der Waals surface area contributed by atoms with E-state index in [1.807, 2.05) is 0 Å². The quantitative estimate of drug-likeness (QED) is 0.763. The van der Waals surface area contributed by atoms with Crippen molar-refractivity contribution in [2.45, 2.75) is 0 Å². The maximum Gasteiger partial charge on any atom is 0.170 e. The molecule has 108 valence electrons. The summed E-state index contributed by atoms with van der Waals surface area (Å²) in [6, 6.07) is 9.62. The van der Waals surface area contributed by atoms with Crippen LogP contribution in [0.5, 0.6) is 23.0 Å². The van der Waals surface area contributed by atoms with Gasteiger partial charge in [0.1, 0.15) is 12.6 Å². The van der Waals surface area contributed by atoms with Gasteiger partial charge in [0.25, 0.3) is 0 Å². The standard InChI is InChI=1S/C16H14O5/c1-19-13-5-3-11(9-17)7-15(13)21-16-8-12(10-18)4-6-14(16)20-2/h3-10H,1-2H3. The lowest BCUT2D eigenvalue weighted by Crippen LogP contribution is -1.95. The maximum absolute atomic E-state index is 10.9. The summed E-state index contributed by atoms with van der Waals surface area (Å²) in [6.45, 7) is 0. The largest absolute Gasteiger partial charge is 0.493 e. The average molecular weight is 286 g/mol. The van der Waals surface area contributed by atoms with Crippen molar-refractivity contribution in [1.82, 2.24) is 0 Å². The topological polar surface area (TPSA) is 61.8 Å². The van der Waals surface area contributed by atoms with E-state index in [9.17, 15) is 9.59 Å². The Morgan fingerprint density at radius 2 is 1.14 bits per heavy atom. The van der Waals surface area contributed by atoms with E-state index in [4.69, 9.17) is 14.2 Å². The molecule has 2 rings (SSSR count). The van der Waals surface area contributed by atoms with Gasteiger partial charge in [0.15, 0.2) is 23.0 Å². The van der Waals surface area contributed by atoms with Crippen LogP contribution < -0.4 is 14.2 Å². The zero-order chi connectivity index (χ0) is 15.2. The molecule has 0 radical (unpaired) electrons. The lowest BCUT2D eigenvalue weighted by molar-refractivity contribution is 0.111. The molecule has 0 N–H and O–H groups in total. The Morgan fingerprint density at radius 1 is 0.714 bits per heavy atom. The fourth-order valence-electron chi connectivity index (χ4n) is 1.81. The highest BCUT2D eigenvalue weighted by atomic mass is 16.5. The first-order chi connectivity index (χ1) is 10.2. The average Bonchev–Trinajstić information content (AvgIpc) is 2.54. The first-order valence-electron chi connectivity index (χ1n) is 6.16. The van der Waals surface area contributed by atoms with Crippen LogP contribution in [0.15, 0.2) is 36.4 Å². The van der Waals surface area contributed by atoms with E-state index in [0.717, 1.165) is 0 Å². The minimum Gasteiger partial charge on any atom is -0.493 e. The Bertz CT molecular complexity index is 606. The highest BCUT2D eigenvalue weighted by Gasteiger charge is 2.11. The van der Waals surface area contributed by atoms with E-state index in [2.05, 4.69) is 0 Å². The summed E-state index contributed by atoms with van der Waals surface area (Å²) in [7, 11) is 3.00. The first kappa shape index (κ1) is 14.6. The number of carbonyl (C=O) groups is 2. The number of ether oxygens (including phenoxy) is 3. The maximum atomic E-state index is 10.9. The van der Waals surface area contributed by atoms with Crippen molar-refractivity contribution >= 4 is 12.6 Å². The number of aldehydes is 2. The van der Waals surface area contributed by atoms with Crippen LogP contribution in [0.3, 0.4) is 0 Å². The Kier molecular flexibility index (Phi) is 4.56. The Balaban J connectivity index is 2.45. The van der Waals surface area contributed by atoms with Crippen molar-refractivity contribution in [2.75, 3.05) is 14.2 Å². The van der Waals surface area contributed by atoms with Gasteiger partial charge in [-0.2, -0.15) is 0 Å². The molecule has 0 aliphatic heterocycles. The molecule has 0 bridgehead atoms. The van der Waals surface area contributed by atoms with Crippen LogP contribution in [0.25, 0.3) is 0 Å². The van der Waals surface area contributed by atoms with Crippen LogP contribution in [0.2, 0.25) is 0 Å². The number of rotatable bonds is 6. The van der Waals surface area contributed by atoms with E-state index in [1.165, 1.54) is 14.2 Å². The molecule has 0 atom stereocenters. The second kappa shape index (κ2) is 6.56. The summed E-state index contributed by atoms with van der Waals surface area (Å²) in [6.07, 6.45) is 1.43. The van der Waals surface area contributed by atoms with Gasteiger partial charge in [-0.25, -0.2) is 0 Å². The Hall–Kier alpha value is -2.82. The molecule has 2 aromatic rings. The number of carbonyl (C=O) groups excluding carboxylic acids is 2. The highest BCUT2D eigenvalue weighted by molar-refractivity contribution is 5.77. The van der Waals surface area contributed by atoms with Crippen LogP contribution >= 0.6 is 0 Å². The van der Waals surface area contributed by atoms with Gasteiger partial charge in [0.2, 0.25) is 0 Å². The molecule has 0 heterocycles. The zero-order valence-electron chi connectivity index (χ0n) is 11.7. The van der Waals surface area contributed by atoms with Crippen LogP contribution in [0.1, 0.15) is 20.7 Å². The van der Waals surface area contributed by atoms with E-state index in [0.29, 0.717) is 46.7 Å². The Morgan fingerprint density at radius 3 is 1.48 bits per heavy atom. The predicted molar refractivity (Wildman–Crippen MR) is 76.8 cm³/mol. The van der Waals surface area contributed by atoms with Gasteiger partial charge in [0, 0.05) is 11.1 Å². The number of hydrogen-bond acceptors (Lipinski definition) is 5. The summed E-state index contributed by atoms with van der Waals surface area (Å²) in [5, 5.41) is 0. The van der Waals surface area contributed by atoms with Gasteiger partial charge < -0.3 is 14.2 Å². The fraction of sp³-hybridized carbons (Fsp3) is 0.125. The third-order valence-electron chi connectivity index (χ3n) is 2.87. The molecule has 0 aliphatic rings. The van der Waals surface area contributed by atoms with Crippen molar-refractivity contribution in [3.63, 3.8) is 0 Å². The van der Waals surface area contributed by atoms with Gasteiger partial charge in [0.05, 0.1) is 14.2 Å². The summed E-state index contributed by atoms with van der Waals surface area (Å²) in [5.41, 5.74) is 0.910. The van der Waals surface area contributed by atoms with Gasteiger partial charge in [-0.15, -0.1) is 0 Å². The molecule has 0 amide bonds. The third-order valence-corrected chi connectivity index (χ3v) is 2.87. The van der Waals surface area contributed by atoms with Crippen molar-refractivity contribution in [3.8, 4) is 23.0 Å². The second-order valence-electron chi connectivity index (χ2n) is 4.16. The minimum absolute atomic E-state index is 0.364. The van der Waals surface area contributed by atoms with Crippen molar-refractivity contribution in [3.05, 3.63) is 47.5 Å². The molecule has 0 spiro atoms. The van der Waals surface area contributed by atoms with E-state index < -0.39 is 0 Å². The zero-order valence-corrected chi connectivity index (χ0v) is 11.7. The molecule has 0 saturated carbocycles. The molecule has 0 fully saturated rings. The fourth-order valence-corrected chi connectivity index (χ4v) is 1.81. The van der Waals surface area contributed by atoms with E-state index in [1.54, 1.807) is 36.4 Å². The monoisotopic (exact) mass is 286 g/mol. The molecule has 0 unspecified atom stereocenters. The van der Waals surface area contributed by atoms with Crippen LogP contribution in [0, 0.1) is 0 Å². The molecule has 21 heavy (non-hydrogen) atoms.